The van der Waals surface area contributed by atoms with Gasteiger partial charge in [0.25, 0.3) is 0 Å². The van der Waals surface area contributed by atoms with Crippen LogP contribution in [0.25, 0.3) is 0 Å². The summed E-state index contributed by atoms with van der Waals surface area (Å²) < 4.78 is 15.5. The molecule has 0 saturated heterocycles. The van der Waals surface area contributed by atoms with Crippen LogP contribution < -0.4 is 4.74 Å². The minimum absolute atomic E-state index is 0.567. The second kappa shape index (κ2) is 5.73. The smallest absolute Gasteiger partial charge is 0.124 e. The molecule has 15 heavy (non-hydrogen) atoms. The van der Waals surface area contributed by atoms with Crippen LogP contribution in [0.15, 0.2) is 12.1 Å². The van der Waals surface area contributed by atoms with E-state index in [1.54, 1.807) is 21.3 Å². The molecule has 0 N–H and O–H groups in total. The molecule has 0 saturated carbocycles. The summed E-state index contributed by atoms with van der Waals surface area (Å²) in [5, 5.41) is 0. The van der Waals surface area contributed by atoms with Crippen molar-refractivity contribution in [3.8, 4) is 5.75 Å². The van der Waals surface area contributed by atoms with Crippen molar-refractivity contribution in [1.29, 1.82) is 0 Å². The molecule has 0 aliphatic rings. The van der Waals surface area contributed by atoms with Gasteiger partial charge in [0.15, 0.2) is 0 Å². The largest absolute Gasteiger partial charge is 0.496 e. The quantitative estimate of drug-likeness (QED) is 0.746. The van der Waals surface area contributed by atoms with Crippen molar-refractivity contribution in [2.75, 3.05) is 21.3 Å². The van der Waals surface area contributed by atoms with Crippen LogP contribution in [0.2, 0.25) is 0 Å². The van der Waals surface area contributed by atoms with Crippen molar-refractivity contribution >= 4 is 0 Å². The Morgan fingerprint density at radius 3 is 2.07 bits per heavy atom. The molecule has 0 aromatic heterocycles. The Labute approximate surface area is 91.0 Å². The van der Waals surface area contributed by atoms with Gasteiger partial charge in [-0.25, -0.2) is 0 Å². The van der Waals surface area contributed by atoms with E-state index in [0.29, 0.717) is 13.2 Å². The predicted octanol–water partition coefficient (Wildman–Crippen LogP) is 2.30. The SMILES string of the molecule is COCc1cc(OC)c(COC)cc1C. The Kier molecular flexibility index (Phi) is 4.59. The molecule has 0 unspecified atom stereocenters. The van der Waals surface area contributed by atoms with Gasteiger partial charge in [0.2, 0.25) is 0 Å². The van der Waals surface area contributed by atoms with Gasteiger partial charge in [-0.1, -0.05) is 0 Å². The predicted molar refractivity (Wildman–Crippen MR) is 59.2 cm³/mol. The third kappa shape index (κ3) is 2.94. The van der Waals surface area contributed by atoms with Crippen LogP contribution in [0.4, 0.5) is 0 Å². The van der Waals surface area contributed by atoms with E-state index in [1.807, 2.05) is 6.07 Å². The molecule has 3 nitrogen and oxygen atoms in total. The number of ether oxygens (including phenoxy) is 3. The molecule has 0 atom stereocenters. The number of benzene rings is 1. The first-order valence-corrected chi connectivity index (χ1v) is 4.87. The Morgan fingerprint density at radius 1 is 0.933 bits per heavy atom. The van der Waals surface area contributed by atoms with Gasteiger partial charge in [0.05, 0.1) is 20.3 Å². The lowest BCUT2D eigenvalue weighted by Crippen LogP contribution is -1.99. The van der Waals surface area contributed by atoms with Crippen molar-refractivity contribution in [2.45, 2.75) is 20.1 Å². The zero-order chi connectivity index (χ0) is 11.3. The normalized spacial score (nSPS) is 10.4. The molecule has 84 valence electrons. The highest BCUT2D eigenvalue weighted by Gasteiger charge is 2.07. The van der Waals surface area contributed by atoms with Gasteiger partial charge in [-0.3, -0.25) is 0 Å². The van der Waals surface area contributed by atoms with Crippen molar-refractivity contribution in [1.82, 2.24) is 0 Å². The molecule has 0 bridgehead atoms. The standard InChI is InChI=1S/C12H18O3/c1-9-5-11(8-14-3)12(15-4)6-10(9)7-13-2/h5-6H,7-8H2,1-4H3. The summed E-state index contributed by atoms with van der Waals surface area (Å²) in [5.74, 6) is 0.856. The van der Waals surface area contributed by atoms with Gasteiger partial charge in [0, 0.05) is 19.8 Å². The molecule has 1 rings (SSSR count). The van der Waals surface area contributed by atoms with Crippen LogP contribution in [-0.4, -0.2) is 21.3 Å². The zero-order valence-electron chi connectivity index (χ0n) is 9.79. The van der Waals surface area contributed by atoms with E-state index in [4.69, 9.17) is 14.2 Å². The van der Waals surface area contributed by atoms with E-state index in [9.17, 15) is 0 Å². The van der Waals surface area contributed by atoms with Crippen LogP contribution in [-0.2, 0) is 22.7 Å². The highest BCUT2D eigenvalue weighted by molar-refractivity contribution is 5.41. The fraction of sp³-hybridized carbons (Fsp3) is 0.500. The van der Waals surface area contributed by atoms with Gasteiger partial charge >= 0.3 is 0 Å². The molecule has 3 heteroatoms. The van der Waals surface area contributed by atoms with Crippen LogP contribution in [0, 0.1) is 6.92 Å². The molecule has 0 spiro atoms. The minimum Gasteiger partial charge on any atom is -0.496 e. The van der Waals surface area contributed by atoms with E-state index in [1.165, 1.54) is 5.56 Å². The first-order valence-electron chi connectivity index (χ1n) is 4.87. The first-order chi connectivity index (χ1) is 7.22. The summed E-state index contributed by atoms with van der Waals surface area (Å²) >= 11 is 0. The van der Waals surface area contributed by atoms with Gasteiger partial charge in [-0.2, -0.15) is 0 Å². The fourth-order valence-corrected chi connectivity index (χ4v) is 1.56. The Morgan fingerprint density at radius 2 is 1.53 bits per heavy atom. The average molecular weight is 210 g/mol. The molecular formula is C12H18O3. The summed E-state index contributed by atoms with van der Waals surface area (Å²) in [4.78, 5) is 0. The molecule has 0 amide bonds. The molecule has 1 aromatic carbocycles. The fourth-order valence-electron chi connectivity index (χ4n) is 1.56. The summed E-state index contributed by atoms with van der Waals surface area (Å²) in [5.41, 5.74) is 3.41. The maximum Gasteiger partial charge on any atom is 0.124 e. The molecular weight excluding hydrogens is 192 g/mol. The topological polar surface area (TPSA) is 27.7 Å². The first kappa shape index (κ1) is 12.0. The van der Waals surface area contributed by atoms with Crippen LogP contribution in [0.3, 0.4) is 0 Å². The third-order valence-electron chi connectivity index (χ3n) is 2.34. The lowest BCUT2D eigenvalue weighted by molar-refractivity contribution is 0.179. The monoisotopic (exact) mass is 210 g/mol. The highest BCUT2D eigenvalue weighted by atomic mass is 16.5. The second-order valence-corrected chi connectivity index (χ2v) is 3.46. The van der Waals surface area contributed by atoms with E-state index in [-0.39, 0.29) is 0 Å². The van der Waals surface area contributed by atoms with Gasteiger partial charge in [-0.15, -0.1) is 0 Å². The zero-order valence-corrected chi connectivity index (χ0v) is 9.79. The minimum atomic E-state index is 0.567. The molecule has 0 fully saturated rings. The highest BCUT2D eigenvalue weighted by Crippen LogP contribution is 2.24. The summed E-state index contributed by atoms with van der Waals surface area (Å²) in [6, 6.07) is 4.09. The van der Waals surface area contributed by atoms with E-state index in [0.717, 1.165) is 16.9 Å². The Hall–Kier alpha value is -1.06. The van der Waals surface area contributed by atoms with Gasteiger partial charge in [-0.05, 0) is 30.2 Å². The van der Waals surface area contributed by atoms with Crippen LogP contribution in [0.1, 0.15) is 16.7 Å². The van der Waals surface area contributed by atoms with Crippen LogP contribution in [0.5, 0.6) is 5.75 Å². The lowest BCUT2D eigenvalue weighted by atomic mass is 10.0. The maximum absolute atomic E-state index is 5.30. The molecule has 0 radical (unpaired) electrons. The van der Waals surface area contributed by atoms with Gasteiger partial charge < -0.3 is 14.2 Å². The molecule has 0 heterocycles. The Balaban J connectivity index is 3.04. The molecule has 0 aliphatic heterocycles. The average Bonchev–Trinajstić information content (AvgIpc) is 2.22. The summed E-state index contributed by atoms with van der Waals surface area (Å²) in [7, 11) is 5.03. The van der Waals surface area contributed by atoms with Gasteiger partial charge in [0.1, 0.15) is 5.75 Å². The van der Waals surface area contributed by atoms with E-state index in [2.05, 4.69) is 13.0 Å². The van der Waals surface area contributed by atoms with Crippen molar-refractivity contribution < 1.29 is 14.2 Å². The lowest BCUT2D eigenvalue weighted by Gasteiger charge is -2.12. The maximum atomic E-state index is 5.30. The summed E-state index contributed by atoms with van der Waals surface area (Å²) in [6.07, 6.45) is 0. The van der Waals surface area contributed by atoms with Crippen molar-refractivity contribution in [3.05, 3.63) is 28.8 Å². The van der Waals surface area contributed by atoms with Crippen molar-refractivity contribution in [2.24, 2.45) is 0 Å². The van der Waals surface area contributed by atoms with Crippen LogP contribution >= 0.6 is 0 Å². The number of hydrogen-bond donors (Lipinski definition) is 0. The number of rotatable bonds is 5. The number of methoxy groups -OCH3 is 3. The molecule has 1 aromatic rings. The number of aryl methyl sites for hydroxylation is 1. The van der Waals surface area contributed by atoms with E-state index < -0.39 is 0 Å². The number of hydrogen-bond acceptors (Lipinski definition) is 3. The summed E-state index contributed by atoms with van der Waals surface area (Å²) in [6.45, 7) is 3.24. The molecule has 0 aliphatic carbocycles. The van der Waals surface area contributed by atoms with E-state index >= 15 is 0 Å². The van der Waals surface area contributed by atoms with Crippen molar-refractivity contribution in [3.63, 3.8) is 0 Å². The third-order valence-corrected chi connectivity index (χ3v) is 2.34. The Bertz CT molecular complexity index is 321. The second-order valence-electron chi connectivity index (χ2n) is 3.46.